The molecule has 0 amide bonds. The van der Waals surface area contributed by atoms with E-state index < -0.39 is 0 Å². The van der Waals surface area contributed by atoms with E-state index in [2.05, 4.69) is 62.3 Å². The Kier molecular flexibility index (Phi) is 10.00. The topological polar surface area (TPSA) is 35.5 Å². The van der Waals surface area contributed by atoms with Gasteiger partial charge in [-0.1, -0.05) is 81.6 Å². The van der Waals surface area contributed by atoms with E-state index >= 15 is 0 Å². The highest BCUT2D eigenvalue weighted by molar-refractivity contribution is 5.73. The molecule has 28 heavy (non-hydrogen) atoms. The van der Waals surface area contributed by atoms with Gasteiger partial charge < -0.3 is 9.47 Å². The van der Waals surface area contributed by atoms with Crippen LogP contribution in [0.4, 0.5) is 0 Å². The Labute approximate surface area is 175 Å². The van der Waals surface area contributed by atoms with E-state index in [1.807, 2.05) is 0 Å². The van der Waals surface area contributed by atoms with E-state index in [1.54, 1.807) is 0 Å². The van der Waals surface area contributed by atoms with Gasteiger partial charge >= 0.3 is 5.97 Å². The molecule has 0 aromatic rings. The Hall–Kier alpha value is -0.570. The average molecular weight is 397 g/mol. The van der Waals surface area contributed by atoms with Crippen molar-refractivity contribution in [1.82, 2.24) is 0 Å². The number of fused-ring (bicyclic) bond motifs is 2. The molecule has 5 unspecified atom stereocenters. The van der Waals surface area contributed by atoms with Crippen molar-refractivity contribution in [3.63, 3.8) is 0 Å². The van der Waals surface area contributed by atoms with Crippen LogP contribution < -0.4 is 0 Å². The lowest BCUT2D eigenvalue weighted by Crippen LogP contribution is -2.39. The lowest BCUT2D eigenvalue weighted by atomic mass is 9.78. The van der Waals surface area contributed by atoms with Gasteiger partial charge in [0.15, 0.2) is 0 Å². The van der Waals surface area contributed by atoms with Crippen LogP contribution in [0.15, 0.2) is 0 Å². The maximum atomic E-state index is 13.0. The maximum absolute atomic E-state index is 13.0. The Morgan fingerprint density at radius 1 is 1.00 bits per heavy atom. The second kappa shape index (κ2) is 11.0. The van der Waals surface area contributed by atoms with Gasteiger partial charge in [0.1, 0.15) is 0 Å². The summed E-state index contributed by atoms with van der Waals surface area (Å²) in [6, 6.07) is 0. The molecule has 2 bridgehead atoms. The minimum Gasteiger partial charge on any atom is -0.435 e. The van der Waals surface area contributed by atoms with Crippen LogP contribution in [-0.4, -0.2) is 18.9 Å². The monoisotopic (exact) mass is 396 g/mol. The summed E-state index contributed by atoms with van der Waals surface area (Å²) in [7, 11) is 0. The molecule has 0 spiro atoms. The molecule has 3 heteroatoms. The van der Waals surface area contributed by atoms with Crippen LogP contribution >= 0.6 is 0 Å². The number of hydrogen-bond donors (Lipinski definition) is 0. The van der Waals surface area contributed by atoms with Gasteiger partial charge in [0.05, 0.1) is 12.5 Å². The zero-order chi connectivity index (χ0) is 21.5. The predicted octanol–water partition coefficient (Wildman–Crippen LogP) is 7.23. The van der Waals surface area contributed by atoms with Crippen LogP contribution in [-0.2, 0) is 14.3 Å². The van der Waals surface area contributed by atoms with Gasteiger partial charge in [-0.2, -0.15) is 0 Å². The Bertz CT molecular complexity index is 457. The summed E-state index contributed by atoms with van der Waals surface area (Å²) in [4.78, 5) is 13.0. The molecule has 166 valence electrons. The molecule has 0 aliphatic heterocycles. The first-order chi connectivity index (χ1) is 12.9. The highest BCUT2D eigenvalue weighted by atomic mass is 16.7. The molecule has 0 aromatic heterocycles. The Morgan fingerprint density at radius 3 is 2.00 bits per heavy atom. The quantitative estimate of drug-likeness (QED) is 0.336. The molecule has 2 aliphatic carbocycles. The van der Waals surface area contributed by atoms with Crippen molar-refractivity contribution in [2.24, 2.45) is 34.5 Å². The highest BCUT2D eigenvalue weighted by Crippen LogP contribution is 2.50. The van der Waals surface area contributed by atoms with Gasteiger partial charge in [-0.15, -0.1) is 0 Å². The van der Waals surface area contributed by atoms with E-state index in [9.17, 15) is 4.79 Å². The first-order valence-electron chi connectivity index (χ1n) is 11.7. The van der Waals surface area contributed by atoms with E-state index in [0.717, 1.165) is 18.8 Å². The molecular weight excluding hydrogens is 348 g/mol. The molecule has 0 radical (unpaired) electrons. The lowest BCUT2D eigenvalue weighted by molar-refractivity contribution is -0.209. The summed E-state index contributed by atoms with van der Waals surface area (Å²) in [6.45, 7) is 19.9. The van der Waals surface area contributed by atoms with E-state index in [0.29, 0.717) is 18.4 Å². The predicted molar refractivity (Wildman–Crippen MR) is 118 cm³/mol. The van der Waals surface area contributed by atoms with Gasteiger partial charge in [0, 0.05) is 5.92 Å². The first-order valence-corrected chi connectivity index (χ1v) is 11.7. The molecule has 0 N–H and O–H groups in total. The van der Waals surface area contributed by atoms with E-state index in [-0.39, 0.29) is 29.0 Å². The van der Waals surface area contributed by atoms with E-state index in [1.165, 1.54) is 32.1 Å². The fourth-order valence-electron chi connectivity index (χ4n) is 4.59. The SMILES string of the molecule is CCC.CCCC(C(=O)OC(OCC(C)(C)C)C1CC2CCC1C2)C(C)(C)C. The molecule has 5 atom stereocenters. The number of carbonyl (C=O) groups excluding carboxylic acids is 1. The van der Waals surface area contributed by atoms with Crippen molar-refractivity contribution in [3.05, 3.63) is 0 Å². The van der Waals surface area contributed by atoms with Crippen molar-refractivity contribution >= 4 is 5.97 Å². The van der Waals surface area contributed by atoms with Crippen LogP contribution in [0.25, 0.3) is 0 Å². The van der Waals surface area contributed by atoms with E-state index in [4.69, 9.17) is 9.47 Å². The van der Waals surface area contributed by atoms with Gasteiger partial charge in [-0.25, -0.2) is 0 Å². The third-order valence-electron chi connectivity index (χ3n) is 5.96. The number of hydrogen-bond acceptors (Lipinski definition) is 3. The van der Waals surface area contributed by atoms with Gasteiger partial charge in [0.25, 0.3) is 0 Å². The summed E-state index contributed by atoms with van der Waals surface area (Å²) in [6.07, 6.45) is 7.87. The Balaban J connectivity index is 0.00000122. The van der Waals surface area contributed by atoms with Gasteiger partial charge in [0.2, 0.25) is 6.29 Å². The average Bonchev–Trinajstić information content (AvgIpc) is 3.18. The smallest absolute Gasteiger partial charge is 0.311 e. The molecule has 2 rings (SSSR count). The van der Waals surface area contributed by atoms with Crippen LogP contribution in [0.2, 0.25) is 0 Å². The highest BCUT2D eigenvalue weighted by Gasteiger charge is 2.46. The standard InChI is InChI=1S/C22H40O3.C3H8/c1-8-9-18(22(5,6)7)19(23)25-20(24-14-21(2,3)4)17-13-15-10-11-16(17)12-15;1-3-2/h15-18,20H,8-14H2,1-7H3;3H2,1-2H3. The van der Waals surface area contributed by atoms with Crippen LogP contribution in [0.3, 0.4) is 0 Å². The van der Waals surface area contributed by atoms with Crippen molar-refractivity contribution < 1.29 is 14.3 Å². The molecular formula is C25H48O3. The van der Waals surface area contributed by atoms with Crippen LogP contribution in [0, 0.1) is 34.5 Å². The summed E-state index contributed by atoms with van der Waals surface area (Å²) < 4.78 is 12.3. The maximum Gasteiger partial charge on any atom is 0.311 e. The second-order valence-corrected chi connectivity index (χ2v) is 11.4. The van der Waals surface area contributed by atoms with Crippen molar-refractivity contribution in [2.75, 3.05) is 6.61 Å². The zero-order valence-corrected chi connectivity index (χ0v) is 20.3. The van der Waals surface area contributed by atoms with Crippen LogP contribution in [0.1, 0.15) is 107 Å². The molecule has 3 nitrogen and oxygen atoms in total. The summed E-state index contributed by atoms with van der Waals surface area (Å²) in [5, 5.41) is 0. The normalized spacial score (nSPS) is 26.4. The number of rotatable bonds is 7. The number of carbonyl (C=O) groups is 1. The molecule has 2 saturated carbocycles. The number of ether oxygens (including phenoxy) is 2. The minimum atomic E-state index is -0.358. The first kappa shape index (κ1) is 25.5. The molecule has 0 saturated heterocycles. The molecule has 2 aliphatic rings. The van der Waals surface area contributed by atoms with Crippen molar-refractivity contribution in [3.8, 4) is 0 Å². The molecule has 0 heterocycles. The largest absolute Gasteiger partial charge is 0.435 e. The van der Waals surface area contributed by atoms with Gasteiger partial charge in [-0.05, 0) is 48.3 Å². The lowest BCUT2D eigenvalue weighted by Gasteiger charge is -2.35. The molecule has 0 aromatic carbocycles. The minimum absolute atomic E-state index is 0.0585. The number of esters is 1. The van der Waals surface area contributed by atoms with Gasteiger partial charge in [-0.3, -0.25) is 4.79 Å². The molecule has 2 fully saturated rings. The third kappa shape index (κ3) is 8.05. The zero-order valence-electron chi connectivity index (χ0n) is 20.3. The summed E-state index contributed by atoms with van der Waals surface area (Å²) in [5.74, 6) is 1.78. The summed E-state index contributed by atoms with van der Waals surface area (Å²) >= 11 is 0. The van der Waals surface area contributed by atoms with Crippen LogP contribution in [0.5, 0.6) is 0 Å². The summed E-state index contributed by atoms with van der Waals surface area (Å²) in [5.41, 5.74) is 0.00543. The van der Waals surface area contributed by atoms with Crippen molar-refractivity contribution in [1.29, 1.82) is 0 Å². The fraction of sp³-hybridized carbons (Fsp3) is 0.960. The fourth-order valence-corrected chi connectivity index (χ4v) is 4.59. The van der Waals surface area contributed by atoms with Crippen molar-refractivity contribution in [2.45, 2.75) is 114 Å². The Morgan fingerprint density at radius 2 is 1.61 bits per heavy atom. The second-order valence-electron chi connectivity index (χ2n) is 11.4. The third-order valence-corrected chi connectivity index (χ3v) is 5.96.